The van der Waals surface area contributed by atoms with Crippen molar-refractivity contribution >= 4 is 40.9 Å². The van der Waals surface area contributed by atoms with Crippen LogP contribution in [-0.4, -0.2) is 102 Å². The van der Waals surface area contributed by atoms with Crippen molar-refractivity contribution in [1.82, 2.24) is 20.0 Å². The molecule has 46 heavy (non-hydrogen) atoms. The summed E-state index contributed by atoms with van der Waals surface area (Å²) in [6.45, 7) is 4.77. The normalized spacial score (nSPS) is 23.5. The molecule has 0 spiro atoms. The van der Waals surface area contributed by atoms with Gasteiger partial charge in [-0.15, -0.1) is 0 Å². The Hall–Kier alpha value is -4.25. The van der Waals surface area contributed by atoms with E-state index in [1.807, 2.05) is 35.2 Å². The Morgan fingerprint density at radius 2 is 1.43 bits per heavy atom. The Bertz CT molecular complexity index is 1520. The third-order valence-corrected chi connectivity index (χ3v) is 10.5. The molecule has 5 aliphatic rings. The molecule has 0 radical (unpaired) electrons. The van der Waals surface area contributed by atoms with Gasteiger partial charge in [0.05, 0.1) is 11.1 Å². The number of piperazine rings is 1. The number of carbonyl (C=O) groups is 5. The van der Waals surface area contributed by atoms with E-state index >= 15 is 0 Å². The van der Waals surface area contributed by atoms with Gasteiger partial charge in [0.25, 0.3) is 17.7 Å². The molecule has 1 saturated carbocycles. The van der Waals surface area contributed by atoms with Crippen LogP contribution in [0.1, 0.15) is 88.9 Å². The number of benzene rings is 2. The predicted molar refractivity (Wildman–Crippen MR) is 173 cm³/mol. The van der Waals surface area contributed by atoms with Gasteiger partial charge in [-0.3, -0.25) is 39.1 Å². The molecule has 11 nitrogen and oxygen atoms in total. The van der Waals surface area contributed by atoms with Gasteiger partial charge in [0, 0.05) is 74.7 Å². The van der Waals surface area contributed by atoms with Crippen molar-refractivity contribution < 1.29 is 24.0 Å². The van der Waals surface area contributed by atoms with Crippen molar-refractivity contribution in [2.24, 2.45) is 0 Å². The first kappa shape index (κ1) is 30.4. The van der Waals surface area contributed by atoms with Gasteiger partial charge in [-0.1, -0.05) is 19.3 Å². The van der Waals surface area contributed by atoms with Crippen molar-refractivity contribution in [3.05, 3.63) is 59.2 Å². The average molecular weight is 627 g/mol. The fourth-order valence-electron chi connectivity index (χ4n) is 7.81. The lowest BCUT2D eigenvalue weighted by Gasteiger charge is -2.43. The summed E-state index contributed by atoms with van der Waals surface area (Å²) in [5, 5.41) is 5.86. The highest BCUT2D eigenvalue weighted by Crippen LogP contribution is 2.32. The largest absolute Gasteiger partial charge is 0.382 e. The van der Waals surface area contributed by atoms with Crippen molar-refractivity contribution in [1.29, 1.82) is 0 Å². The molecule has 4 aliphatic heterocycles. The lowest BCUT2D eigenvalue weighted by molar-refractivity contribution is -0.136. The summed E-state index contributed by atoms with van der Waals surface area (Å²) in [6, 6.07) is 13.3. The summed E-state index contributed by atoms with van der Waals surface area (Å²) in [6.07, 6.45) is 8.51. The van der Waals surface area contributed by atoms with Gasteiger partial charge in [-0.2, -0.15) is 0 Å². The number of rotatable bonds is 6. The summed E-state index contributed by atoms with van der Waals surface area (Å²) in [7, 11) is 0. The van der Waals surface area contributed by atoms with Gasteiger partial charge in [-0.05, 0) is 74.6 Å². The second-order valence-electron chi connectivity index (χ2n) is 13.3. The molecule has 0 aromatic heterocycles. The topological polar surface area (TPSA) is 122 Å². The van der Waals surface area contributed by atoms with Gasteiger partial charge in [0.2, 0.25) is 11.8 Å². The highest BCUT2D eigenvalue weighted by atomic mass is 16.2. The lowest BCUT2D eigenvalue weighted by atomic mass is 9.95. The first-order chi connectivity index (χ1) is 22.4. The monoisotopic (exact) mass is 626 g/mol. The van der Waals surface area contributed by atoms with Crippen LogP contribution in [0.4, 0.5) is 11.4 Å². The zero-order valence-corrected chi connectivity index (χ0v) is 26.2. The fraction of sp³-hybridized carbons (Fsp3) is 0.514. The van der Waals surface area contributed by atoms with E-state index in [1.165, 1.54) is 32.1 Å². The van der Waals surface area contributed by atoms with Gasteiger partial charge in [0.1, 0.15) is 6.04 Å². The van der Waals surface area contributed by atoms with Crippen molar-refractivity contribution in [3.63, 3.8) is 0 Å². The molecule has 4 heterocycles. The van der Waals surface area contributed by atoms with Crippen LogP contribution >= 0.6 is 0 Å². The highest BCUT2D eigenvalue weighted by Gasteiger charge is 2.45. The maximum Gasteiger partial charge on any atom is 0.262 e. The number of hydrogen-bond donors (Lipinski definition) is 2. The Morgan fingerprint density at radius 3 is 2.13 bits per heavy atom. The SMILES string of the molecule is O=C1CCC(N2C(=O)c3ccc(N4CCC(N5CCN(C(=O)c6ccc(NC7CCCCC7)cc6)CC5)CC4)cc3C2=O)C(=O)N1. The molecular formula is C35H42N6O5. The molecule has 2 aromatic rings. The van der Waals surface area contributed by atoms with Crippen LogP contribution in [0, 0.1) is 0 Å². The Labute approximate surface area is 269 Å². The van der Waals surface area contributed by atoms with E-state index in [9.17, 15) is 24.0 Å². The second kappa shape index (κ2) is 12.9. The Kier molecular flexibility index (Phi) is 8.50. The molecule has 2 N–H and O–H groups in total. The van der Waals surface area contributed by atoms with E-state index in [0.717, 1.165) is 60.9 Å². The van der Waals surface area contributed by atoms with Crippen LogP contribution in [0.15, 0.2) is 42.5 Å². The molecule has 3 saturated heterocycles. The van der Waals surface area contributed by atoms with Crippen molar-refractivity contribution in [2.75, 3.05) is 49.5 Å². The molecule has 4 fully saturated rings. The smallest absolute Gasteiger partial charge is 0.262 e. The number of carbonyl (C=O) groups excluding carboxylic acids is 5. The maximum atomic E-state index is 13.3. The van der Waals surface area contributed by atoms with E-state index in [1.54, 1.807) is 12.1 Å². The lowest BCUT2D eigenvalue weighted by Crippen LogP contribution is -2.54. The van der Waals surface area contributed by atoms with E-state index in [-0.39, 0.29) is 24.7 Å². The van der Waals surface area contributed by atoms with Crippen molar-refractivity contribution in [2.45, 2.75) is 75.9 Å². The molecule has 0 bridgehead atoms. The molecular weight excluding hydrogens is 584 g/mol. The molecule has 2 aromatic carbocycles. The van der Waals surface area contributed by atoms with Crippen LogP contribution < -0.4 is 15.5 Å². The van der Waals surface area contributed by atoms with Crippen LogP contribution in [0.2, 0.25) is 0 Å². The third kappa shape index (κ3) is 6.00. The Balaban J connectivity index is 0.899. The first-order valence-corrected chi connectivity index (χ1v) is 16.9. The second-order valence-corrected chi connectivity index (χ2v) is 13.3. The number of amides is 5. The van der Waals surface area contributed by atoms with Gasteiger partial charge < -0.3 is 15.1 Å². The van der Waals surface area contributed by atoms with Gasteiger partial charge in [-0.25, -0.2) is 0 Å². The summed E-state index contributed by atoms with van der Waals surface area (Å²) < 4.78 is 0. The predicted octanol–water partition coefficient (Wildman–Crippen LogP) is 3.26. The van der Waals surface area contributed by atoms with E-state index in [2.05, 4.69) is 20.4 Å². The van der Waals surface area contributed by atoms with E-state index in [4.69, 9.17) is 0 Å². The highest BCUT2D eigenvalue weighted by molar-refractivity contribution is 6.23. The zero-order chi connectivity index (χ0) is 31.8. The van der Waals surface area contributed by atoms with Gasteiger partial charge in [0.15, 0.2) is 0 Å². The molecule has 242 valence electrons. The number of nitrogens with zero attached hydrogens (tertiary/aromatic N) is 4. The quantitative estimate of drug-likeness (QED) is 0.469. The summed E-state index contributed by atoms with van der Waals surface area (Å²) in [5.41, 5.74) is 3.33. The molecule has 1 aliphatic carbocycles. The number of fused-ring (bicyclic) bond motifs is 1. The number of anilines is 2. The fourth-order valence-corrected chi connectivity index (χ4v) is 7.81. The zero-order valence-electron chi connectivity index (χ0n) is 26.2. The molecule has 1 atom stereocenters. The summed E-state index contributed by atoms with van der Waals surface area (Å²) in [4.78, 5) is 71.2. The molecule has 7 rings (SSSR count). The Morgan fingerprint density at radius 1 is 0.739 bits per heavy atom. The molecule has 5 amide bonds. The summed E-state index contributed by atoms with van der Waals surface area (Å²) >= 11 is 0. The summed E-state index contributed by atoms with van der Waals surface area (Å²) in [5.74, 6) is -1.86. The van der Waals surface area contributed by atoms with E-state index < -0.39 is 23.8 Å². The maximum absolute atomic E-state index is 13.3. The van der Waals surface area contributed by atoms with E-state index in [0.29, 0.717) is 36.3 Å². The number of hydrogen-bond acceptors (Lipinski definition) is 8. The van der Waals surface area contributed by atoms with Crippen LogP contribution in [0.25, 0.3) is 0 Å². The van der Waals surface area contributed by atoms with Crippen LogP contribution in [-0.2, 0) is 9.59 Å². The minimum atomic E-state index is -0.964. The minimum Gasteiger partial charge on any atom is -0.382 e. The average Bonchev–Trinajstić information content (AvgIpc) is 3.33. The van der Waals surface area contributed by atoms with Crippen LogP contribution in [0.3, 0.4) is 0 Å². The number of imide groups is 2. The van der Waals surface area contributed by atoms with Gasteiger partial charge >= 0.3 is 0 Å². The molecule has 11 heteroatoms. The minimum absolute atomic E-state index is 0.0968. The standard InChI is InChI=1S/C35H42N6O5/c42-31-13-12-30(32(43)37-31)41-34(45)28-11-10-27(22-29(28)35(41)46)38-16-14-26(15-17-38)39-18-20-40(21-19-39)33(44)23-6-8-25(9-7-23)36-24-4-2-1-3-5-24/h6-11,22,24,26,30,36H,1-5,12-21H2,(H,37,42,43). The first-order valence-electron chi connectivity index (χ1n) is 16.9. The molecule has 1 unspecified atom stereocenters. The number of nitrogens with one attached hydrogen (secondary N) is 2. The van der Waals surface area contributed by atoms with Crippen LogP contribution in [0.5, 0.6) is 0 Å². The third-order valence-electron chi connectivity index (χ3n) is 10.5. The van der Waals surface area contributed by atoms with Crippen molar-refractivity contribution in [3.8, 4) is 0 Å². The number of piperidine rings is 2.